The van der Waals surface area contributed by atoms with Crippen LogP contribution in [0.25, 0.3) is 0 Å². The summed E-state index contributed by atoms with van der Waals surface area (Å²) in [6.07, 6.45) is 2.35. The Balaban J connectivity index is 1.81. The summed E-state index contributed by atoms with van der Waals surface area (Å²) in [5.41, 5.74) is 3.16. The number of hydrogen-bond acceptors (Lipinski definition) is 6. The first-order chi connectivity index (χ1) is 10.7. The van der Waals surface area contributed by atoms with Crippen LogP contribution in [0.5, 0.6) is 5.75 Å². The number of hydrazone groups is 1. The van der Waals surface area contributed by atoms with Crippen molar-refractivity contribution in [1.82, 2.24) is 4.90 Å². The van der Waals surface area contributed by atoms with Gasteiger partial charge in [-0.25, -0.2) is 0 Å². The first-order valence-corrected chi connectivity index (χ1v) is 7.26. The van der Waals surface area contributed by atoms with Crippen LogP contribution in [0.4, 0.5) is 5.69 Å². The van der Waals surface area contributed by atoms with Crippen LogP contribution in [0, 0.1) is 28.6 Å². The number of nitrogens with zero attached hydrogens (tertiary/aromatic N) is 4. The third-order valence-electron chi connectivity index (χ3n) is 3.69. The fourth-order valence-corrected chi connectivity index (χ4v) is 2.26. The summed E-state index contributed by atoms with van der Waals surface area (Å²) >= 11 is 0. The van der Waals surface area contributed by atoms with Gasteiger partial charge in [0.2, 0.25) is 5.71 Å². The maximum Gasteiger partial charge on any atom is 0.237 e. The Kier molecular flexibility index (Phi) is 5.76. The zero-order valence-electron chi connectivity index (χ0n) is 12.6. The summed E-state index contributed by atoms with van der Waals surface area (Å²) in [6, 6.07) is 10.7. The largest absolute Gasteiger partial charge is 0.493 e. The minimum absolute atomic E-state index is 0.206. The van der Waals surface area contributed by atoms with Crippen LogP contribution in [0.1, 0.15) is 12.8 Å². The molecule has 1 fully saturated rings. The van der Waals surface area contributed by atoms with E-state index in [1.165, 1.54) is 12.8 Å². The van der Waals surface area contributed by atoms with Crippen LogP contribution in [-0.4, -0.2) is 37.4 Å². The molecular formula is C16H19N5O. The van der Waals surface area contributed by atoms with Crippen LogP contribution in [0.2, 0.25) is 0 Å². The van der Waals surface area contributed by atoms with Crippen molar-refractivity contribution in [1.29, 1.82) is 10.5 Å². The third kappa shape index (κ3) is 4.76. The van der Waals surface area contributed by atoms with Crippen LogP contribution in [-0.2, 0) is 0 Å². The Hall–Kier alpha value is -2.57. The van der Waals surface area contributed by atoms with Gasteiger partial charge in [-0.2, -0.15) is 15.6 Å². The third-order valence-corrected chi connectivity index (χ3v) is 3.69. The monoisotopic (exact) mass is 297 g/mol. The smallest absolute Gasteiger partial charge is 0.237 e. The molecule has 0 atom stereocenters. The van der Waals surface area contributed by atoms with Gasteiger partial charge in [-0.1, -0.05) is 0 Å². The molecule has 1 aromatic carbocycles. The van der Waals surface area contributed by atoms with E-state index < -0.39 is 0 Å². The second-order valence-electron chi connectivity index (χ2n) is 5.38. The predicted octanol–water partition coefficient (Wildman–Crippen LogP) is 2.22. The molecule has 0 bridgehead atoms. The van der Waals surface area contributed by atoms with Gasteiger partial charge in [0.05, 0.1) is 12.3 Å². The van der Waals surface area contributed by atoms with Crippen molar-refractivity contribution in [2.45, 2.75) is 12.8 Å². The molecule has 1 saturated heterocycles. The predicted molar refractivity (Wildman–Crippen MR) is 84.4 cm³/mol. The Morgan fingerprint density at radius 2 is 1.91 bits per heavy atom. The van der Waals surface area contributed by atoms with Gasteiger partial charge >= 0.3 is 0 Å². The van der Waals surface area contributed by atoms with Gasteiger partial charge in [0.15, 0.2) is 0 Å². The molecule has 1 heterocycles. The van der Waals surface area contributed by atoms with Gasteiger partial charge in [0.25, 0.3) is 0 Å². The van der Waals surface area contributed by atoms with E-state index in [2.05, 4.69) is 22.5 Å². The number of piperidine rings is 1. The molecule has 0 radical (unpaired) electrons. The van der Waals surface area contributed by atoms with E-state index in [9.17, 15) is 0 Å². The number of likely N-dealkylation sites (tertiary alicyclic amines) is 1. The maximum atomic E-state index is 8.59. The highest BCUT2D eigenvalue weighted by Gasteiger charge is 2.16. The van der Waals surface area contributed by atoms with E-state index in [1.807, 2.05) is 12.1 Å². The number of benzene rings is 1. The standard InChI is InChI=1S/C16H19N5O/c1-21-8-6-13(7-9-21)12-22-16-4-2-14(3-5-16)19-20-15(10-17)11-18/h2-5,13,19H,6-9,12H2,1H3. The molecule has 22 heavy (non-hydrogen) atoms. The number of rotatable bonds is 5. The number of ether oxygens (including phenoxy) is 1. The molecule has 1 aromatic rings. The zero-order valence-corrected chi connectivity index (χ0v) is 12.6. The van der Waals surface area contributed by atoms with Crippen LogP contribution >= 0.6 is 0 Å². The average Bonchev–Trinajstić information content (AvgIpc) is 2.56. The lowest BCUT2D eigenvalue weighted by Crippen LogP contribution is -2.32. The van der Waals surface area contributed by atoms with Gasteiger partial charge < -0.3 is 9.64 Å². The minimum atomic E-state index is -0.206. The van der Waals surface area contributed by atoms with Crippen molar-refractivity contribution in [3.63, 3.8) is 0 Å². The van der Waals surface area contributed by atoms with Gasteiger partial charge in [0.1, 0.15) is 17.9 Å². The number of nitriles is 2. The summed E-state index contributed by atoms with van der Waals surface area (Å²) in [6.45, 7) is 3.01. The number of hydrogen-bond donors (Lipinski definition) is 1. The summed E-state index contributed by atoms with van der Waals surface area (Å²) in [7, 11) is 2.15. The van der Waals surface area contributed by atoms with Crippen molar-refractivity contribution in [2.75, 3.05) is 32.2 Å². The fraction of sp³-hybridized carbons (Fsp3) is 0.438. The normalized spacial score (nSPS) is 15.4. The molecule has 6 nitrogen and oxygen atoms in total. The zero-order chi connectivity index (χ0) is 15.8. The van der Waals surface area contributed by atoms with Crippen molar-refractivity contribution >= 4 is 11.4 Å². The lowest BCUT2D eigenvalue weighted by atomic mass is 9.98. The molecule has 6 heteroatoms. The van der Waals surface area contributed by atoms with E-state index in [-0.39, 0.29) is 5.71 Å². The van der Waals surface area contributed by atoms with Crippen molar-refractivity contribution < 1.29 is 4.74 Å². The van der Waals surface area contributed by atoms with Gasteiger partial charge in [-0.15, -0.1) is 0 Å². The average molecular weight is 297 g/mol. The summed E-state index contributed by atoms with van der Waals surface area (Å²) in [5.74, 6) is 1.43. The summed E-state index contributed by atoms with van der Waals surface area (Å²) < 4.78 is 5.82. The Labute approximate surface area is 130 Å². The molecule has 114 valence electrons. The minimum Gasteiger partial charge on any atom is -0.493 e. The summed E-state index contributed by atoms with van der Waals surface area (Å²) in [4.78, 5) is 2.34. The topological polar surface area (TPSA) is 84.4 Å². The number of anilines is 1. The molecule has 0 spiro atoms. The quantitative estimate of drug-likeness (QED) is 0.665. The van der Waals surface area contributed by atoms with Crippen LogP contribution in [0.15, 0.2) is 29.4 Å². The van der Waals surface area contributed by atoms with E-state index in [4.69, 9.17) is 15.3 Å². The van der Waals surface area contributed by atoms with E-state index in [0.29, 0.717) is 11.6 Å². The Bertz CT molecular complexity index is 572. The first kappa shape index (κ1) is 15.8. The first-order valence-electron chi connectivity index (χ1n) is 7.26. The Morgan fingerprint density at radius 1 is 1.27 bits per heavy atom. The SMILES string of the molecule is CN1CCC(COc2ccc(NN=C(C#N)C#N)cc2)CC1. The van der Waals surface area contributed by atoms with E-state index in [0.717, 1.165) is 25.4 Å². The molecule has 0 aliphatic carbocycles. The highest BCUT2D eigenvalue weighted by molar-refractivity contribution is 6.10. The van der Waals surface area contributed by atoms with Crippen molar-refractivity contribution in [3.05, 3.63) is 24.3 Å². The molecule has 0 unspecified atom stereocenters. The van der Waals surface area contributed by atoms with Gasteiger partial charge in [0, 0.05) is 0 Å². The molecule has 1 N–H and O–H groups in total. The molecular weight excluding hydrogens is 278 g/mol. The molecule has 2 rings (SSSR count). The van der Waals surface area contributed by atoms with Gasteiger partial charge in [-0.3, -0.25) is 5.43 Å². The summed E-state index contributed by atoms with van der Waals surface area (Å²) in [5, 5.41) is 20.9. The van der Waals surface area contributed by atoms with Crippen LogP contribution in [0.3, 0.4) is 0 Å². The molecule has 0 aromatic heterocycles. The second kappa shape index (κ2) is 8.02. The molecule has 0 amide bonds. The highest BCUT2D eigenvalue weighted by atomic mass is 16.5. The van der Waals surface area contributed by atoms with E-state index >= 15 is 0 Å². The van der Waals surface area contributed by atoms with Crippen molar-refractivity contribution in [3.8, 4) is 17.9 Å². The fourth-order valence-electron chi connectivity index (χ4n) is 2.26. The van der Waals surface area contributed by atoms with Crippen LogP contribution < -0.4 is 10.2 Å². The molecule has 1 aliphatic heterocycles. The Morgan fingerprint density at radius 3 is 2.50 bits per heavy atom. The maximum absolute atomic E-state index is 8.59. The lowest BCUT2D eigenvalue weighted by molar-refractivity contribution is 0.160. The van der Waals surface area contributed by atoms with Gasteiger partial charge in [-0.05, 0) is 63.2 Å². The van der Waals surface area contributed by atoms with Crippen molar-refractivity contribution in [2.24, 2.45) is 11.0 Å². The number of nitrogens with one attached hydrogen (secondary N) is 1. The second-order valence-corrected chi connectivity index (χ2v) is 5.38. The van der Waals surface area contributed by atoms with E-state index in [1.54, 1.807) is 24.3 Å². The molecule has 0 saturated carbocycles. The lowest BCUT2D eigenvalue weighted by Gasteiger charge is -2.28. The highest BCUT2D eigenvalue weighted by Crippen LogP contribution is 2.20. The molecule has 1 aliphatic rings.